The second kappa shape index (κ2) is 8.35. The van der Waals surface area contributed by atoms with Crippen molar-refractivity contribution in [2.24, 2.45) is 5.11 Å². The monoisotopic (exact) mass is 435 g/mol. The van der Waals surface area contributed by atoms with Crippen LogP contribution in [0.5, 0.6) is 5.88 Å². The van der Waals surface area contributed by atoms with E-state index in [0.717, 1.165) is 49.4 Å². The van der Waals surface area contributed by atoms with E-state index >= 15 is 0 Å². The minimum atomic E-state index is -0.186. The van der Waals surface area contributed by atoms with Crippen molar-refractivity contribution in [2.45, 2.75) is 25.4 Å². The molecule has 3 aromatic rings. The third-order valence-electron chi connectivity index (χ3n) is 5.96. The highest BCUT2D eigenvalue weighted by Gasteiger charge is 2.37. The van der Waals surface area contributed by atoms with Gasteiger partial charge in [-0.25, -0.2) is 9.37 Å². The van der Waals surface area contributed by atoms with Gasteiger partial charge in [-0.1, -0.05) is 5.11 Å². The van der Waals surface area contributed by atoms with Crippen LogP contribution in [0.15, 0.2) is 41.6 Å². The van der Waals surface area contributed by atoms with Gasteiger partial charge in [0.2, 0.25) is 11.8 Å². The number of aryl methyl sites for hydroxylation is 1. The number of aromatic nitrogens is 4. The van der Waals surface area contributed by atoms with Gasteiger partial charge in [0.05, 0.1) is 31.6 Å². The quantitative estimate of drug-likeness (QED) is 0.334. The summed E-state index contributed by atoms with van der Waals surface area (Å²) in [4.78, 5) is 11.6. The molecule has 1 saturated heterocycles. The van der Waals surface area contributed by atoms with Crippen molar-refractivity contribution < 1.29 is 9.13 Å². The van der Waals surface area contributed by atoms with Crippen LogP contribution in [-0.2, 0) is 13.0 Å². The Bertz CT molecular complexity index is 1170. The van der Waals surface area contributed by atoms with E-state index in [1.807, 2.05) is 16.7 Å². The van der Waals surface area contributed by atoms with E-state index in [2.05, 4.69) is 35.0 Å². The van der Waals surface area contributed by atoms with Crippen LogP contribution in [0.3, 0.4) is 0 Å². The number of rotatable bonds is 6. The van der Waals surface area contributed by atoms with Crippen LogP contribution >= 0.6 is 0 Å². The highest BCUT2D eigenvalue weighted by molar-refractivity contribution is 5.59. The molecule has 164 valence electrons. The van der Waals surface area contributed by atoms with Crippen LogP contribution in [0.25, 0.3) is 16.1 Å². The fraction of sp³-hybridized carbons (Fsp3) is 0.381. The number of nitrogens with zero attached hydrogens (tertiary/aromatic N) is 9. The maximum atomic E-state index is 13.7. The lowest BCUT2D eigenvalue weighted by atomic mass is 9.97. The molecule has 0 aliphatic carbocycles. The summed E-state index contributed by atoms with van der Waals surface area (Å²) in [6.45, 7) is 2.56. The molecule has 0 unspecified atom stereocenters. The van der Waals surface area contributed by atoms with Crippen LogP contribution in [0, 0.1) is 5.82 Å². The number of hydrogen-bond acceptors (Lipinski definition) is 7. The zero-order chi connectivity index (χ0) is 22.1. The Labute approximate surface area is 183 Å². The Kier molecular flexibility index (Phi) is 5.24. The van der Waals surface area contributed by atoms with E-state index in [4.69, 9.17) is 10.3 Å². The molecule has 0 N–H and O–H groups in total. The van der Waals surface area contributed by atoms with E-state index in [1.54, 1.807) is 25.4 Å². The maximum Gasteiger partial charge on any atom is 0.232 e. The topological polar surface area (TPSA) is 108 Å². The molecule has 0 bridgehead atoms. The lowest BCUT2D eigenvalue weighted by Gasteiger charge is -2.48. The first kappa shape index (κ1) is 20.1. The molecule has 1 aromatic carbocycles. The van der Waals surface area contributed by atoms with Gasteiger partial charge in [-0.05, 0) is 48.2 Å². The third kappa shape index (κ3) is 3.56. The van der Waals surface area contributed by atoms with Crippen LogP contribution in [0.1, 0.15) is 17.8 Å². The Morgan fingerprint density at radius 2 is 2.12 bits per heavy atom. The predicted molar refractivity (Wildman–Crippen MR) is 117 cm³/mol. The number of anilines is 2. The number of azide groups is 1. The van der Waals surface area contributed by atoms with Gasteiger partial charge in [-0.3, -0.25) is 4.57 Å². The van der Waals surface area contributed by atoms with Gasteiger partial charge >= 0.3 is 0 Å². The summed E-state index contributed by atoms with van der Waals surface area (Å²) in [5.41, 5.74) is 11.7. The summed E-state index contributed by atoms with van der Waals surface area (Å²) in [6, 6.07) is 9.00. The zero-order valence-electron chi connectivity index (χ0n) is 17.6. The van der Waals surface area contributed by atoms with Crippen molar-refractivity contribution in [1.82, 2.24) is 19.7 Å². The summed E-state index contributed by atoms with van der Waals surface area (Å²) in [6.07, 6.45) is 3.59. The minimum absolute atomic E-state index is 0.0812. The van der Waals surface area contributed by atoms with Gasteiger partial charge in [-0.15, -0.1) is 10.2 Å². The summed E-state index contributed by atoms with van der Waals surface area (Å²) in [5.74, 6) is 1.53. The lowest BCUT2D eigenvalue weighted by Crippen LogP contribution is -2.61. The van der Waals surface area contributed by atoms with Crippen molar-refractivity contribution in [3.05, 3.63) is 64.2 Å². The van der Waals surface area contributed by atoms with Gasteiger partial charge < -0.3 is 14.5 Å². The smallest absolute Gasteiger partial charge is 0.232 e. The summed E-state index contributed by atoms with van der Waals surface area (Å²) in [5, 5.41) is 12.3. The summed E-state index contributed by atoms with van der Waals surface area (Å²) in [7, 11) is 1.56. The van der Waals surface area contributed by atoms with Gasteiger partial charge in [0.25, 0.3) is 0 Å². The van der Waals surface area contributed by atoms with E-state index in [0.29, 0.717) is 23.7 Å². The second-order valence-electron chi connectivity index (χ2n) is 7.83. The van der Waals surface area contributed by atoms with E-state index < -0.39 is 0 Å². The van der Waals surface area contributed by atoms with Crippen LogP contribution < -0.4 is 14.5 Å². The number of fused-ring (bicyclic) bond motifs is 1. The fourth-order valence-corrected chi connectivity index (χ4v) is 4.39. The number of ether oxygens (including phenoxy) is 1. The lowest BCUT2D eigenvalue weighted by molar-refractivity contribution is 0.397. The SMILES string of the molecule is COc1ccc(-n2c(CN=[N+]=[N-])nnc2N2CC(N3CCCc4cc(F)ccc43)C2)cn1. The molecule has 5 rings (SSSR count). The van der Waals surface area contributed by atoms with E-state index in [-0.39, 0.29) is 12.4 Å². The first-order valence-corrected chi connectivity index (χ1v) is 10.4. The van der Waals surface area contributed by atoms with Crippen molar-refractivity contribution in [3.8, 4) is 11.6 Å². The highest BCUT2D eigenvalue weighted by Crippen LogP contribution is 2.34. The Balaban J connectivity index is 1.40. The molecule has 32 heavy (non-hydrogen) atoms. The Morgan fingerprint density at radius 3 is 2.88 bits per heavy atom. The average molecular weight is 435 g/mol. The van der Waals surface area contributed by atoms with Crippen molar-refractivity contribution in [1.29, 1.82) is 0 Å². The van der Waals surface area contributed by atoms with Gasteiger partial charge in [0, 0.05) is 36.3 Å². The number of halogens is 1. The standard InChI is InChI=1S/C21H22FN9O/c1-32-20-7-5-16(10-24-20)31-19(11-25-28-23)26-27-21(31)29-12-17(13-29)30-8-2-3-14-9-15(22)4-6-18(14)30/h4-7,9-10,17H,2-3,8,11-13H2,1H3. The highest BCUT2D eigenvalue weighted by atomic mass is 19.1. The first-order chi connectivity index (χ1) is 15.7. The van der Waals surface area contributed by atoms with Crippen molar-refractivity contribution in [2.75, 3.05) is 36.5 Å². The number of methoxy groups -OCH3 is 1. The summed E-state index contributed by atoms with van der Waals surface area (Å²) >= 11 is 0. The number of hydrogen-bond donors (Lipinski definition) is 0. The van der Waals surface area contributed by atoms with Crippen molar-refractivity contribution >= 4 is 11.6 Å². The number of pyridine rings is 1. The largest absolute Gasteiger partial charge is 0.481 e. The van der Waals surface area contributed by atoms with Gasteiger partial charge in [0.1, 0.15) is 11.6 Å². The molecule has 11 heteroatoms. The molecule has 10 nitrogen and oxygen atoms in total. The average Bonchev–Trinajstić information content (AvgIpc) is 3.20. The molecule has 0 radical (unpaired) electrons. The molecular formula is C21H22FN9O. The van der Waals surface area contributed by atoms with E-state index in [1.165, 1.54) is 6.07 Å². The van der Waals surface area contributed by atoms with Crippen molar-refractivity contribution in [3.63, 3.8) is 0 Å². The molecule has 2 aliphatic heterocycles. The van der Waals surface area contributed by atoms with E-state index in [9.17, 15) is 4.39 Å². The molecule has 0 saturated carbocycles. The Hall–Kier alpha value is -3.85. The molecule has 0 amide bonds. The molecular weight excluding hydrogens is 413 g/mol. The van der Waals surface area contributed by atoms with Crippen LogP contribution in [0.4, 0.5) is 16.0 Å². The third-order valence-corrected chi connectivity index (χ3v) is 5.96. The molecule has 0 atom stereocenters. The van der Waals surface area contributed by atoms with Crippen LogP contribution in [0.2, 0.25) is 0 Å². The number of benzene rings is 1. The molecule has 4 heterocycles. The van der Waals surface area contributed by atoms with Gasteiger partial charge in [-0.2, -0.15) is 0 Å². The van der Waals surface area contributed by atoms with Gasteiger partial charge in [0.15, 0.2) is 0 Å². The molecule has 2 aromatic heterocycles. The summed E-state index contributed by atoms with van der Waals surface area (Å²) < 4.78 is 20.7. The normalized spacial score (nSPS) is 15.7. The predicted octanol–water partition coefficient (Wildman–Crippen LogP) is 3.26. The van der Waals surface area contributed by atoms with Crippen LogP contribution in [-0.4, -0.2) is 52.5 Å². The first-order valence-electron chi connectivity index (χ1n) is 10.4. The zero-order valence-corrected chi connectivity index (χ0v) is 17.6. The second-order valence-corrected chi connectivity index (χ2v) is 7.83. The molecule has 0 spiro atoms. The Morgan fingerprint density at radius 1 is 1.25 bits per heavy atom. The molecule has 2 aliphatic rings. The minimum Gasteiger partial charge on any atom is -0.481 e. The fourth-order valence-electron chi connectivity index (χ4n) is 4.39. The maximum absolute atomic E-state index is 13.7. The molecule has 1 fully saturated rings.